The van der Waals surface area contributed by atoms with Crippen LogP contribution in [0.25, 0.3) is 0 Å². The fraction of sp³-hybridized carbons (Fsp3) is 0. The van der Waals surface area contributed by atoms with Crippen LogP contribution < -0.4 is 9.88 Å². The molecule has 0 bridgehead atoms. The van der Waals surface area contributed by atoms with E-state index in [-0.39, 0.29) is 22.0 Å². The van der Waals surface area contributed by atoms with E-state index in [4.69, 9.17) is 38.3 Å². The molecule has 0 aliphatic rings. The molecule has 2 rings (SSSR count). The minimum absolute atomic E-state index is 0.0187. The zero-order chi connectivity index (χ0) is 15.6. The van der Waals surface area contributed by atoms with Crippen molar-refractivity contribution in [2.45, 2.75) is 4.90 Å². The van der Waals surface area contributed by atoms with E-state index in [0.717, 1.165) is 6.07 Å². The summed E-state index contributed by atoms with van der Waals surface area (Å²) < 4.78 is 28.6. The predicted molar refractivity (Wildman–Crippen MR) is 79.1 cm³/mol. The van der Waals surface area contributed by atoms with Gasteiger partial charge >= 0.3 is 0 Å². The SMILES string of the molecule is N#Cc1ccc(Oc2cc(Cl)cc(Cl)c2)c(S(N)(=O)=O)c1. The lowest BCUT2D eigenvalue weighted by atomic mass is 10.2. The molecule has 0 amide bonds. The van der Waals surface area contributed by atoms with Crippen molar-refractivity contribution in [1.29, 1.82) is 5.26 Å². The highest BCUT2D eigenvalue weighted by Gasteiger charge is 2.17. The van der Waals surface area contributed by atoms with Gasteiger partial charge in [0.15, 0.2) is 0 Å². The fourth-order valence-electron chi connectivity index (χ4n) is 1.60. The maximum Gasteiger partial charge on any atom is 0.241 e. The molecular formula is C13H8Cl2N2O3S. The van der Waals surface area contributed by atoms with E-state index in [1.54, 1.807) is 0 Å². The minimum Gasteiger partial charge on any atom is -0.456 e. The third-order valence-corrected chi connectivity index (χ3v) is 3.81. The van der Waals surface area contributed by atoms with Crippen LogP contribution >= 0.6 is 23.2 Å². The minimum atomic E-state index is -4.05. The first-order valence-electron chi connectivity index (χ1n) is 5.50. The van der Waals surface area contributed by atoms with Gasteiger partial charge in [0.1, 0.15) is 16.4 Å². The molecule has 0 atom stereocenters. The van der Waals surface area contributed by atoms with Gasteiger partial charge in [-0.05, 0) is 36.4 Å². The van der Waals surface area contributed by atoms with Crippen molar-refractivity contribution >= 4 is 33.2 Å². The standard InChI is InChI=1S/C13H8Cl2N2O3S/c14-9-4-10(15)6-11(5-9)20-12-2-1-8(7-16)3-13(12)21(17,18)19/h1-6H,(H2,17,18,19). The monoisotopic (exact) mass is 342 g/mol. The highest BCUT2D eigenvalue weighted by atomic mass is 35.5. The van der Waals surface area contributed by atoms with Gasteiger partial charge in [-0.3, -0.25) is 0 Å². The Balaban J connectivity index is 2.52. The van der Waals surface area contributed by atoms with Crippen LogP contribution in [0.5, 0.6) is 11.5 Å². The van der Waals surface area contributed by atoms with Crippen LogP contribution in [0.1, 0.15) is 5.56 Å². The van der Waals surface area contributed by atoms with Gasteiger partial charge in [0.05, 0.1) is 11.6 Å². The van der Waals surface area contributed by atoms with Crippen LogP contribution in [-0.2, 0) is 10.0 Å². The number of hydrogen-bond donors (Lipinski definition) is 1. The zero-order valence-corrected chi connectivity index (χ0v) is 12.7. The average molecular weight is 343 g/mol. The lowest BCUT2D eigenvalue weighted by Gasteiger charge is -2.10. The molecule has 0 radical (unpaired) electrons. The Morgan fingerprint density at radius 1 is 1.10 bits per heavy atom. The van der Waals surface area contributed by atoms with Crippen LogP contribution in [0.4, 0.5) is 0 Å². The number of nitrogens with zero attached hydrogens (tertiary/aromatic N) is 1. The van der Waals surface area contributed by atoms with Crippen molar-refractivity contribution in [3.05, 3.63) is 52.0 Å². The first-order chi connectivity index (χ1) is 9.79. The predicted octanol–water partition coefficient (Wildman–Crippen LogP) is 3.30. The molecule has 2 aromatic rings. The molecule has 0 heterocycles. The molecule has 108 valence electrons. The highest BCUT2D eigenvalue weighted by molar-refractivity contribution is 7.89. The van der Waals surface area contributed by atoms with E-state index in [9.17, 15) is 8.42 Å². The molecule has 5 nitrogen and oxygen atoms in total. The number of benzene rings is 2. The summed E-state index contributed by atoms with van der Waals surface area (Å²) in [5.74, 6) is 0.233. The highest BCUT2D eigenvalue weighted by Crippen LogP contribution is 2.32. The number of halogens is 2. The second-order valence-electron chi connectivity index (χ2n) is 4.03. The van der Waals surface area contributed by atoms with Crippen molar-refractivity contribution in [2.24, 2.45) is 5.14 Å². The maximum atomic E-state index is 11.6. The Morgan fingerprint density at radius 2 is 1.71 bits per heavy atom. The number of nitriles is 1. The number of hydrogen-bond acceptors (Lipinski definition) is 4. The lowest BCUT2D eigenvalue weighted by molar-refractivity contribution is 0.467. The molecule has 0 aromatic heterocycles. The summed E-state index contributed by atoms with van der Waals surface area (Å²) in [7, 11) is -4.05. The molecule has 0 fully saturated rings. The third kappa shape index (κ3) is 3.86. The number of nitrogens with two attached hydrogens (primary N) is 1. The van der Waals surface area contributed by atoms with Crippen molar-refractivity contribution < 1.29 is 13.2 Å². The summed E-state index contributed by atoms with van der Waals surface area (Å²) in [6, 6.07) is 10.2. The van der Waals surface area contributed by atoms with Gasteiger partial charge in [0, 0.05) is 10.0 Å². The van der Waals surface area contributed by atoms with Crippen molar-refractivity contribution in [3.8, 4) is 17.6 Å². The molecule has 0 unspecified atom stereocenters. The summed E-state index contributed by atoms with van der Waals surface area (Å²) in [5, 5.41) is 14.6. The van der Waals surface area contributed by atoms with Crippen LogP contribution in [-0.4, -0.2) is 8.42 Å². The van der Waals surface area contributed by atoms with Crippen molar-refractivity contribution in [1.82, 2.24) is 0 Å². The van der Waals surface area contributed by atoms with Gasteiger partial charge in [-0.15, -0.1) is 0 Å². The summed E-state index contributed by atoms with van der Waals surface area (Å²) in [5.41, 5.74) is 0.149. The van der Waals surface area contributed by atoms with Gasteiger partial charge in [-0.1, -0.05) is 23.2 Å². The van der Waals surface area contributed by atoms with Crippen LogP contribution in [0, 0.1) is 11.3 Å². The average Bonchev–Trinajstić information content (AvgIpc) is 2.36. The molecule has 8 heteroatoms. The second kappa shape index (κ2) is 5.92. The van der Waals surface area contributed by atoms with Crippen molar-refractivity contribution in [3.63, 3.8) is 0 Å². The van der Waals surface area contributed by atoms with Gasteiger partial charge in [-0.2, -0.15) is 5.26 Å². The Kier molecular flexibility index (Phi) is 4.40. The van der Waals surface area contributed by atoms with E-state index in [2.05, 4.69) is 0 Å². The van der Waals surface area contributed by atoms with E-state index in [1.807, 2.05) is 6.07 Å². The zero-order valence-electron chi connectivity index (χ0n) is 10.4. The van der Waals surface area contributed by atoms with E-state index < -0.39 is 10.0 Å². The Hall–Kier alpha value is -1.78. The summed E-state index contributed by atoms with van der Waals surface area (Å²) in [6.45, 7) is 0. The first-order valence-corrected chi connectivity index (χ1v) is 7.81. The van der Waals surface area contributed by atoms with Gasteiger partial charge in [0.25, 0.3) is 0 Å². The lowest BCUT2D eigenvalue weighted by Crippen LogP contribution is -2.13. The first kappa shape index (κ1) is 15.6. The molecule has 0 spiro atoms. The molecule has 0 saturated heterocycles. The molecule has 21 heavy (non-hydrogen) atoms. The van der Waals surface area contributed by atoms with Gasteiger partial charge in [0.2, 0.25) is 10.0 Å². The van der Waals surface area contributed by atoms with Crippen LogP contribution in [0.3, 0.4) is 0 Å². The van der Waals surface area contributed by atoms with E-state index in [1.165, 1.54) is 30.3 Å². The summed E-state index contributed by atoms with van der Waals surface area (Å²) in [6.07, 6.45) is 0. The van der Waals surface area contributed by atoms with Crippen LogP contribution in [0.15, 0.2) is 41.3 Å². The molecule has 2 N–H and O–H groups in total. The Morgan fingerprint density at radius 3 is 2.24 bits per heavy atom. The number of ether oxygens (including phenoxy) is 1. The Bertz CT molecular complexity index is 825. The molecule has 0 aliphatic carbocycles. The largest absolute Gasteiger partial charge is 0.456 e. The van der Waals surface area contributed by atoms with Gasteiger partial charge < -0.3 is 4.74 Å². The van der Waals surface area contributed by atoms with E-state index in [0.29, 0.717) is 10.0 Å². The second-order valence-corrected chi connectivity index (χ2v) is 6.43. The van der Waals surface area contributed by atoms with Crippen LogP contribution in [0.2, 0.25) is 10.0 Å². The molecule has 2 aromatic carbocycles. The number of rotatable bonds is 3. The smallest absolute Gasteiger partial charge is 0.241 e. The molecular weight excluding hydrogens is 335 g/mol. The topological polar surface area (TPSA) is 93.2 Å². The Labute approximate surface area is 131 Å². The summed E-state index contributed by atoms with van der Waals surface area (Å²) in [4.78, 5) is -0.294. The summed E-state index contributed by atoms with van der Waals surface area (Å²) >= 11 is 11.7. The van der Waals surface area contributed by atoms with E-state index >= 15 is 0 Å². The van der Waals surface area contributed by atoms with Gasteiger partial charge in [-0.25, -0.2) is 13.6 Å². The van der Waals surface area contributed by atoms with Crippen molar-refractivity contribution in [2.75, 3.05) is 0 Å². The molecule has 0 aliphatic heterocycles. The maximum absolute atomic E-state index is 11.6. The number of sulfonamides is 1. The third-order valence-electron chi connectivity index (χ3n) is 2.44. The normalized spacial score (nSPS) is 11.0. The number of primary sulfonamides is 1. The molecule has 0 saturated carbocycles. The fourth-order valence-corrected chi connectivity index (χ4v) is 2.79. The quantitative estimate of drug-likeness (QED) is 0.925.